The van der Waals surface area contributed by atoms with Crippen molar-refractivity contribution in [1.29, 1.82) is 0 Å². The lowest BCUT2D eigenvalue weighted by Crippen LogP contribution is -2.30. The Morgan fingerprint density at radius 1 is 0.862 bits per heavy atom. The average molecular weight is 387 g/mol. The number of benzene rings is 3. The van der Waals surface area contributed by atoms with Gasteiger partial charge in [-0.25, -0.2) is 0 Å². The topological polar surface area (TPSA) is 47.6 Å². The molecule has 0 radical (unpaired) electrons. The largest absolute Gasteiger partial charge is 0.481 e. The summed E-state index contributed by atoms with van der Waals surface area (Å²) in [5, 5.41) is 2.94. The van der Waals surface area contributed by atoms with Crippen LogP contribution in [0.1, 0.15) is 30.9 Å². The van der Waals surface area contributed by atoms with E-state index in [0.29, 0.717) is 11.4 Å². The first-order valence-electron chi connectivity index (χ1n) is 10.1. The van der Waals surface area contributed by atoms with Gasteiger partial charge in [0.2, 0.25) is 0 Å². The predicted molar refractivity (Wildman–Crippen MR) is 115 cm³/mol. The average Bonchev–Trinajstić information content (AvgIpc) is 2.76. The highest BCUT2D eigenvalue weighted by Gasteiger charge is 2.20. The second-order valence-corrected chi connectivity index (χ2v) is 7.26. The highest BCUT2D eigenvalue weighted by atomic mass is 16.5. The van der Waals surface area contributed by atoms with E-state index in [0.717, 1.165) is 30.8 Å². The molecule has 0 aliphatic heterocycles. The molecule has 3 aromatic rings. The van der Waals surface area contributed by atoms with E-state index in [2.05, 4.69) is 11.4 Å². The minimum absolute atomic E-state index is 0.206. The van der Waals surface area contributed by atoms with E-state index in [1.54, 1.807) is 6.92 Å². The van der Waals surface area contributed by atoms with Gasteiger partial charge in [-0.05, 0) is 74.1 Å². The molecule has 1 atom stereocenters. The SMILES string of the molecule is C[C@@H](Oc1cccc2c1CCCC2)C(=O)Nc1ccccc1Oc1ccccc1. The fraction of sp³-hybridized carbons (Fsp3) is 0.240. The molecule has 0 bridgehead atoms. The minimum Gasteiger partial charge on any atom is -0.481 e. The Morgan fingerprint density at radius 2 is 1.59 bits per heavy atom. The number of nitrogens with one attached hydrogen (secondary N) is 1. The predicted octanol–water partition coefficient (Wildman–Crippen LogP) is 5.76. The lowest BCUT2D eigenvalue weighted by atomic mass is 9.91. The first kappa shape index (κ1) is 19.1. The molecule has 148 valence electrons. The molecule has 0 unspecified atom stereocenters. The Balaban J connectivity index is 1.46. The van der Waals surface area contributed by atoms with Crippen LogP contribution < -0.4 is 14.8 Å². The molecule has 0 aromatic heterocycles. The monoisotopic (exact) mass is 387 g/mol. The highest BCUT2D eigenvalue weighted by molar-refractivity contribution is 5.95. The van der Waals surface area contributed by atoms with Crippen LogP contribution in [-0.4, -0.2) is 12.0 Å². The van der Waals surface area contributed by atoms with E-state index < -0.39 is 6.10 Å². The quantitative estimate of drug-likeness (QED) is 0.585. The van der Waals surface area contributed by atoms with Gasteiger partial charge in [0.1, 0.15) is 11.5 Å². The summed E-state index contributed by atoms with van der Waals surface area (Å²) in [7, 11) is 0. The van der Waals surface area contributed by atoms with Gasteiger partial charge < -0.3 is 14.8 Å². The molecular formula is C25H25NO3. The molecular weight excluding hydrogens is 362 g/mol. The molecule has 1 amide bonds. The van der Waals surface area contributed by atoms with Gasteiger partial charge in [0.15, 0.2) is 11.9 Å². The fourth-order valence-electron chi connectivity index (χ4n) is 3.61. The summed E-state index contributed by atoms with van der Waals surface area (Å²) in [6, 6.07) is 23.0. The molecule has 4 nitrogen and oxygen atoms in total. The van der Waals surface area contributed by atoms with Crippen molar-refractivity contribution in [3.05, 3.63) is 83.9 Å². The Bertz CT molecular complexity index is 984. The maximum absolute atomic E-state index is 12.8. The van der Waals surface area contributed by atoms with Gasteiger partial charge in [0.25, 0.3) is 5.91 Å². The van der Waals surface area contributed by atoms with Gasteiger partial charge in [0.05, 0.1) is 5.69 Å². The number of aryl methyl sites for hydroxylation is 1. The van der Waals surface area contributed by atoms with Crippen LogP contribution in [0.4, 0.5) is 5.69 Å². The molecule has 4 heteroatoms. The van der Waals surface area contributed by atoms with Crippen molar-refractivity contribution in [2.75, 3.05) is 5.32 Å². The molecule has 0 fully saturated rings. The zero-order valence-corrected chi connectivity index (χ0v) is 16.6. The lowest BCUT2D eigenvalue weighted by molar-refractivity contribution is -0.122. The van der Waals surface area contributed by atoms with Crippen LogP contribution in [0.2, 0.25) is 0 Å². The van der Waals surface area contributed by atoms with Gasteiger partial charge in [-0.3, -0.25) is 4.79 Å². The molecule has 29 heavy (non-hydrogen) atoms. The number of para-hydroxylation sites is 3. The van der Waals surface area contributed by atoms with Crippen molar-refractivity contribution in [1.82, 2.24) is 0 Å². The van der Waals surface area contributed by atoms with Crippen molar-refractivity contribution in [3.63, 3.8) is 0 Å². The zero-order chi connectivity index (χ0) is 20.1. The van der Waals surface area contributed by atoms with Crippen LogP contribution in [0.3, 0.4) is 0 Å². The summed E-state index contributed by atoms with van der Waals surface area (Å²) in [5.74, 6) is 1.92. The number of ether oxygens (including phenoxy) is 2. The number of fused-ring (bicyclic) bond motifs is 1. The third-order valence-electron chi connectivity index (χ3n) is 5.14. The molecule has 3 aromatic carbocycles. The maximum Gasteiger partial charge on any atom is 0.265 e. The maximum atomic E-state index is 12.8. The second kappa shape index (κ2) is 8.82. The molecule has 0 saturated heterocycles. The summed E-state index contributed by atoms with van der Waals surface area (Å²) in [6.45, 7) is 1.78. The minimum atomic E-state index is -0.617. The second-order valence-electron chi connectivity index (χ2n) is 7.26. The van der Waals surface area contributed by atoms with Crippen LogP contribution >= 0.6 is 0 Å². The Hall–Kier alpha value is -3.27. The number of amides is 1. The summed E-state index contributed by atoms with van der Waals surface area (Å²) < 4.78 is 12.0. The van der Waals surface area contributed by atoms with E-state index in [-0.39, 0.29) is 5.91 Å². The highest BCUT2D eigenvalue weighted by Crippen LogP contribution is 2.31. The summed E-state index contributed by atoms with van der Waals surface area (Å²) >= 11 is 0. The third kappa shape index (κ3) is 4.60. The number of rotatable bonds is 6. The van der Waals surface area contributed by atoms with Gasteiger partial charge >= 0.3 is 0 Å². The molecule has 0 saturated carbocycles. The fourth-order valence-corrected chi connectivity index (χ4v) is 3.61. The Morgan fingerprint density at radius 3 is 2.45 bits per heavy atom. The Kier molecular flexibility index (Phi) is 5.80. The van der Waals surface area contributed by atoms with Crippen molar-refractivity contribution < 1.29 is 14.3 Å². The lowest BCUT2D eigenvalue weighted by Gasteiger charge is -2.22. The van der Waals surface area contributed by atoms with E-state index in [9.17, 15) is 4.79 Å². The number of anilines is 1. The molecule has 0 spiro atoms. The number of hydrogen-bond donors (Lipinski definition) is 1. The summed E-state index contributed by atoms with van der Waals surface area (Å²) in [6.07, 6.45) is 3.85. The van der Waals surface area contributed by atoms with Crippen molar-refractivity contribution in [3.8, 4) is 17.2 Å². The van der Waals surface area contributed by atoms with Gasteiger partial charge in [-0.2, -0.15) is 0 Å². The summed E-state index contributed by atoms with van der Waals surface area (Å²) in [4.78, 5) is 12.8. The first-order valence-corrected chi connectivity index (χ1v) is 10.1. The molecule has 1 N–H and O–H groups in total. The number of hydrogen-bond acceptors (Lipinski definition) is 3. The van der Waals surface area contributed by atoms with Gasteiger partial charge in [0, 0.05) is 0 Å². The van der Waals surface area contributed by atoms with Crippen molar-refractivity contribution >= 4 is 11.6 Å². The molecule has 1 aliphatic rings. The summed E-state index contributed by atoms with van der Waals surface area (Å²) in [5.41, 5.74) is 3.20. The first-order chi connectivity index (χ1) is 14.2. The standard InChI is InChI=1S/C25H25NO3/c1-18(28-23-17-9-11-19-10-5-6-14-21(19)23)25(27)26-22-15-7-8-16-24(22)29-20-12-3-2-4-13-20/h2-4,7-9,11-13,15-18H,5-6,10,14H2,1H3,(H,26,27)/t18-/m1/s1. The molecule has 1 aliphatic carbocycles. The van der Waals surface area contributed by atoms with E-state index in [1.807, 2.05) is 66.7 Å². The zero-order valence-electron chi connectivity index (χ0n) is 16.6. The number of carbonyl (C=O) groups is 1. The van der Waals surface area contributed by atoms with Crippen LogP contribution in [0.5, 0.6) is 17.2 Å². The van der Waals surface area contributed by atoms with Crippen LogP contribution in [-0.2, 0) is 17.6 Å². The van der Waals surface area contributed by atoms with Crippen LogP contribution in [0, 0.1) is 0 Å². The van der Waals surface area contributed by atoms with Crippen LogP contribution in [0.15, 0.2) is 72.8 Å². The van der Waals surface area contributed by atoms with E-state index in [4.69, 9.17) is 9.47 Å². The van der Waals surface area contributed by atoms with E-state index >= 15 is 0 Å². The van der Waals surface area contributed by atoms with Crippen LogP contribution in [0.25, 0.3) is 0 Å². The Labute approximate surface area is 171 Å². The molecule has 0 heterocycles. The number of carbonyl (C=O) groups excluding carboxylic acids is 1. The van der Waals surface area contributed by atoms with Gasteiger partial charge in [-0.15, -0.1) is 0 Å². The third-order valence-corrected chi connectivity index (χ3v) is 5.14. The van der Waals surface area contributed by atoms with Crippen molar-refractivity contribution in [2.45, 2.75) is 38.7 Å². The van der Waals surface area contributed by atoms with Gasteiger partial charge in [-0.1, -0.05) is 42.5 Å². The van der Waals surface area contributed by atoms with Crippen molar-refractivity contribution in [2.24, 2.45) is 0 Å². The smallest absolute Gasteiger partial charge is 0.265 e. The van der Waals surface area contributed by atoms with E-state index in [1.165, 1.54) is 17.5 Å². The normalized spacial score (nSPS) is 13.8. The molecule has 4 rings (SSSR count).